The number of benzene rings is 2. The maximum absolute atomic E-state index is 10.9. The van der Waals surface area contributed by atoms with Crippen molar-refractivity contribution in [2.45, 2.75) is 57.8 Å². The fourth-order valence-corrected chi connectivity index (χ4v) is 3.39. The Morgan fingerprint density at radius 3 is 1.68 bits per heavy atom. The maximum Gasteiger partial charge on any atom is 0.335 e. The normalized spacial score (nSPS) is 11.2. The lowest BCUT2D eigenvalue weighted by Gasteiger charge is -2.19. The predicted octanol–water partition coefficient (Wildman–Crippen LogP) is 6.74. The lowest BCUT2D eigenvalue weighted by molar-refractivity contribution is 0.0697. The van der Waals surface area contributed by atoms with Gasteiger partial charge in [0.15, 0.2) is 0 Å². The second kappa shape index (κ2) is 14.3. The highest BCUT2D eigenvalue weighted by Crippen LogP contribution is 2.22. The van der Waals surface area contributed by atoms with Crippen molar-refractivity contribution in [3.05, 3.63) is 54.1 Å². The van der Waals surface area contributed by atoms with E-state index in [1.807, 2.05) is 24.3 Å². The van der Waals surface area contributed by atoms with Crippen LogP contribution in [0.1, 0.15) is 68.1 Å². The van der Waals surface area contributed by atoms with E-state index in [1.165, 1.54) is 57.1 Å². The van der Waals surface area contributed by atoms with E-state index in [0.29, 0.717) is 12.3 Å². The topological polar surface area (TPSA) is 85.5 Å². The molecule has 168 valence electrons. The van der Waals surface area contributed by atoms with E-state index in [-0.39, 0.29) is 5.56 Å². The lowest BCUT2D eigenvalue weighted by Crippen LogP contribution is -2.18. The molecule has 6 heteroatoms. The molecule has 0 unspecified atom stereocenters. The zero-order valence-electron chi connectivity index (χ0n) is 18.5. The second-order valence-electron chi connectivity index (χ2n) is 7.90. The summed E-state index contributed by atoms with van der Waals surface area (Å²) in [5.74, 6) is -0.950. The monoisotopic (exact) mass is 425 g/mol. The molecule has 0 atom stereocenters. The summed E-state index contributed by atoms with van der Waals surface area (Å²) in [6, 6.07) is 14.3. The summed E-state index contributed by atoms with van der Waals surface area (Å²) < 4.78 is 0. The molecule has 0 aliphatic heterocycles. The Bertz CT molecular complexity index is 789. The SMILES string of the molecule is CN(CCCCCCCCCCCO)c1ccc(N=Nc2ccc(C(=O)O)cc2)cc1. The van der Waals surface area contributed by atoms with Gasteiger partial charge in [-0.2, -0.15) is 10.2 Å². The Morgan fingerprint density at radius 2 is 1.19 bits per heavy atom. The number of rotatable bonds is 15. The van der Waals surface area contributed by atoms with Crippen LogP contribution in [0.4, 0.5) is 17.1 Å². The Kier molecular flexibility index (Phi) is 11.3. The van der Waals surface area contributed by atoms with E-state index >= 15 is 0 Å². The fraction of sp³-hybridized carbons (Fsp3) is 0.480. The second-order valence-corrected chi connectivity index (χ2v) is 7.90. The van der Waals surface area contributed by atoms with Crippen molar-refractivity contribution in [2.75, 3.05) is 25.1 Å². The third kappa shape index (κ3) is 9.75. The van der Waals surface area contributed by atoms with E-state index in [2.05, 4.69) is 22.2 Å². The molecule has 6 nitrogen and oxygen atoms in total. The van der Waals surface area contributed by atoms with E-state index in [4.69, 9.17) is 10.2 Å². The maximum atomic E-state index is 10.9. The quantitative estimate of drug-likeness (QED) is 0.244. The van der Waals surface area contributed by atoms with Gasteiger partial charge in [0.2, 0.25) is 0 Å². The number of anilines is 1. The van der Waals surface area contributed by atoms with Crippen LogP contribution in [0.5, 0.6) is 0 Å². The Balaban J connectivity index is 1.66. The van der Waals surface area contributed by atoms with Crippen molar-refractivity contribution in [1.82, 2.24) is 0 Å². The Hall–Kier alpha value is -2.73. The largest absolute Gasteiger partial charge is 0.478 e. The van der Waals surface area contributed by atoms with Gasteiger partial charge >= 0.3 is 5.97 Å². The molecular weight excluding hydrogens is 390 g/mol. The van der Waals surface area contributed by atoms with Crippen LogP contribution in [-0.4, -0.2) is 36.4 Å². The van der Waals surface area contributed by atoms with Crippen molar-refractivity contribution in [3.8, 4) is 0 Å². The molecule has 2 aromatic carbocycles. The molecule has 0 radical (unpaired) electrons. The number of aromatic carboxylic acids is 1. The molecular formula is C25H35N3O3. The third-order valence-electron chi connectivity index (χ3n) is 5.34. The van der Waals surface area contributed by atoms with Gasteiger partial charge in [-0.25, -0.2) is 4.79 Å². The molecule has 0 aliphatic carbocycles. The molecule has 2 N–H and O–H groups in total. The first-order valence-corrected chi connectivity index (χ1v) is 11.3. The molecule has 2 aromatic rings. The Morgan fingerprint density at radius 1 is 0.742 bits per heavy atom. The summed E-state index contributed by atoms with van der Waals surface area (Å²) in [5, 5.41) is 26.1. The molecule has 0 fully saturated rings. The number of aliphatic hydroxyl groups is 1. The van der Waals surface area contributed by atoms with Gasteiger partial charge in [-0.15, -0.1) is 0 Å². The summed E-state index contributed by atoms with van der Waals surface area (Å²) >= 11 is 0. The summed E-state index contributed by atoms with van der Waals surface area (Å²) in [6.45, 7) is 1.36. The molecule has 0 saturated heterocycles. The minimum absolute atomic E-state index is 0.237. The first kappa shape index (κ1) is 24.5. The summed E-state index contributed by atoms with van der Waals surface area (Å²) in [6.07, 6.45) is 11.0. The zero-order valence-corrected chi connectivity index (χ0v) is 18.5. The standard InChI is InChI=1S/C25H35N3O3/c1-28(19-9-7-5-3-2-4-6-8-10-20-29)24-17-15-23(16-18-24)27-26-22-13-11-21(12-14-22)25(30)31/h11-18,29H,2-10,19-20H2,1H3,(H,30,31). The van der Waals surface area contributed by atoms with Crippen molar-refractivity contribution in [1.29, 1.82) is 0 Å². The van der Waals surface area contributed by atoms with E-state index in [9.17, 15) is 4.79 Å². The van der Waals surface area contributed by atoms with Crippen molar-refractivity contribution >= 4 is 23.0 Å². The fourth-order valence-electron chi connectivity index (χ4n) is 3.39. The van der Waals surface area contributed by atoms with Crippen molar-refractivity contribution < 1.29 is 15.0 Å². The molecule has 31 heavy (non-hydrogen) atoms. The molecule has 0 amide bonds. The third-order valence-corrected chi connectivity index (χ3v) is 5.34. The first-order chi connectivity index (χ1) is 15.1. The minimum Gasteiger partial charge on any atom is -0.478 e. The Labute approximate surface area is 185 Å². The number of unbranched alkanes of at least 4 members (excludes halogenated alkanes) is 8. The summed E-state index contributed by atoms with van der Waals surface area (Å²) in [7, 11) is 2.11. The minimum atomic E-state index is -0.950. The smallest absolute Gasteiger partial charge is 0.335 e. The van der Waals surface area contributed by atoms with Gasteiger partial charge in [0, 0.05) is 25.9 Å². The van der Waals surface area contributed by atoms with Crippen LogP contribution >= 0.6 is 0 Å². The number of aliphatic hydroxyl groups excluding tert-OH is 1. The van der Waals surface area contributed by atoms with Crippen LogP contribution in [0, 0.1) is 0 Å². The van der Waals surface area contributed by atoms with Crippen LogP contribution in [-0.2, 0) is 0 Å². The van der Waals surface area contributed by atoms with Gasteiger partial charge in [-0.1, -0.05) is 44.9 Å². The van der Waals surface area contributed by atoms with Gasteiger partial charge in [-0.3, -0.25) is 0 Å². The number of carbonyl (C=O) groups is 1. The number of azo groups is 1. The molecule has 0 bridgehead atoms. The van der Waals surface area contributed by atoms with Gasteiger partial charge in [0.25, 0.3) is 0 Å². The van der Waals surface area contributed by atoms with Crippen molar-refractivity contribution in [3.63, 3.8) is 0 Å². The van der Waals surface area contributed by atoms with Crippen LogP contribution in [0.3, 0.4) is 0 Å². The van der Waals surface area contributed by atoms with Crippen LogP contribution in [0.15, 0.2) is 58.8 Å². The number of carboxylic acids is 1. The van der Waals surface area contributed by atoms with E-state index in [0.717, 1.165) is 30.8 Å². The number of hydrogen-bond donors (Lipinski definition) is 2. The molecule has 0 saturated carbocycles. The van der Waals surface area contributed by atoms with Gasteiger partial charge in [0.1, 0.15) is 0 Å². The molecule has 0 aliphatic rings. The predicted molar refractivity (Wildman–Crippen MR) is 126 cm³/mol. The van der Waals surface area contributed by atoms with Crippen molar-refractivity contribution in [2.24, 2.45) is 10.2 Å². The summed E-state index contributed by atoms with van der Waals surface area (Å²) in [4.78, 5) is 13.1. The summed E-state index contributed by atoms with van der Waals surface area (Å²) in [5.41, 5.74) is 2.78. The number of carboxylic acid groups (broad SMARTS) is 1. The van der Waals surface area contributed by atoms with E-state index < -0.39 is 5.97 Å². The highest BCUT2D eigenvalue weighted by Gasteiger charge is 2.02. The number of nitrogens with zero attached hydrogens (tertiary/aromatic N) is 3. The average molecular weight is 426 g/mol. The van der Waals surface area contributed by atoms with Crippen LogP contribution in [0.2, 0.25) is 0 Å². The molecule has 2 rings (SSSR count). The van der Waals surface area contributed by atoms with Gasteiger partial charge < -0.3 is 15.1 Å². The lowest BCUT2D eigenvalue weighted by atomic mass is 10.1. The van der Waals surface area contributed by atoms with E-state index in [1.54, 1.807) is 12.1 Å². The highest BCUT2D eigenvalue weighted by molar-refractivity contribution is 5.87. The van der Waals surface area contributed by atoms with Gasteiger partial charge in [0.05, 0.1) is 16.9 Å². The van der Waals surface area contributed by atoms with Crippen LogP contribution < -0.4 is 4.90 Å². The van der Waals surface area contributed by atoms with Crippen LogP contribution in [0.25, 0.3) is 0 Å². The number of hydrogen-bond acceptors (Lipinski definition) is 5. The zero-order chi connectivity index (χ0) is 22.3. The first-order valence-electron chi connectivity index (χ1n) is 11.3. The highest BCUT2D eigenvalue weighted by atomic mass is 16.4. The molecule has 0 aromatic heterocycles. The average Bonchev–Trinajstić information content (AvgIpc) is 2.79. The molecule has 0 spiro atoms. The van der Waals surface area contributed by atoms with Gasteiger partial charge in [-0.05, 0) is 61.4 Å². The molecule has 0 heterocycles.